The number of rotatable bonds is 3. The topological polar surface area (TPSA) is 31.0 Å². The van der Waals surface area contributed by atoms with Crippen molar-refractivity contribution in [3.05, 3.63) is 0 Å². The van der Waals surface area contributed by atoms with Crippen molar-refractivity contribution < 1.29 is 14.2 Å². The lowest BCUT2D eigenvalue weighted by Gasteiger charge is -2.24. The van der Waals surface area contributed by atoms with Crippen LogP contribution in [0.2, 0.25) is 0 Å². The van der Waals surface area contributed by atoms with Gasteiger partial charge in [0.15, 0.2) is 5.79 Å². The first-order valence-corrected chi connectivity index (χ1v) is 4.80. The van der Waals surface area contributed by atoms with Crippen molar-refractivity contribution in [1.29, 1.82) is 0 Å². The molecule has 1 unspecified atom stereocenters. The van der Waals surface area contributed by atoms with Gasteiger partial charge in [0.1, 0.15) is 6.10 Å². The molecule has 3 aliphatic rings. The zero-order chi connectivity index (χ0) is 8.02. The number of hydrogen-bond donors (Lipinski definition) is 0. The van der Waals surface area contributed by atoms with Crippen LogP contribution in [-0.4, -0.2) is 31.2 Å². The SMILES string of the molecule is C1OC1COC12CCC(CC1)O2. The van der Waals surface area contributed by atoms with Crippen LogP contribution in [0.25, 0.3) is 0 Å². The lowest BCUT2D eigenvalue weighted by Crippen LogP contribution is -2.30. The van der Waals surface area contributed by atoms with Gasteiger partial charge in [-0.15, -0.1) is 0 Å². The van der Waals surface area contributed by atoms with Crippen LogP contribution in [0, 0.1) is 0 Å². The van der Waals surface area contributed by atoms with E-state index in [9.17, 15) is 0 Å². The summed E-state index contributed by atoms with van der Waals surface area (Å²) in [5.41, 5.74) is 0. The van der Waals surface area contributed by atoms with Crippen molar-refractivity contribution in [3.63, 3.8) is 0 Å². The molecule has 0 saturated carbocycles. The first kappa shape index (κ1) is 7.30. The Morgan fingerprint density at radius 2 is 2.08 bits per heavy atom. The van der Waals surface area contributed by atoms with E-state index in [4.69, 9.17) is 14.2 Å². The molecular formula is C9H14O3. The monoisotopic (exact) mass is 170 g/mol. The molecule has 0 aliphatic carbocycles. The van der Waals surface area contributed by atoms with Crippen molar-refractivity contribution >= 4 is 0 Å². The Labute approximate surface area is 72.0 Å². The average Bonchev–Trinajstić information content (AvgIpc) is 2.74. The molecule has 68 valence electrons. The Morgan fingerprint density at radius 1 is 1.33 bits per heavy atom. The minimum atomic E-state index is -0.198. The third kappa shape index (κ3) is 1.16. The van der Waals surface area contributed by atoms with Gasteiger partial charge < -0.3 is 14.2 Å². The van der Waals surface area contributed by atoms with Crippen molar-refractivity contribution in [2.24, 2.45) is 0 Å². The number of ether oxygens (including phenoxy) is 3. The van der Waals surface area contributed by atoms with Crippen molar-refractivity contribution in [2.45, 2.75) is 43.7 Å². The predicted octanol–water partition coefficient (Wildman–Crippen LogP) is 1.07. The number of epoxide rings is 1. The maximum Gasteiger partial charge on any atom is 0.168 e. The molecule has 3 nitrogen and oxygen atoms in total. The Kier molecular flexibility index (Phi) is 1.48. The van der Waals surface area contributed by atoms with E-state index in [0.29, 0.717) is 12.2 Å². The molecule has 3 heterocycles. The molecule has 0 N–H and O–H groups in total. The lowest BCUT2D eigenvalue weighted by atomic mass is 9.98. The molecule has 3 saturated heterocycles. The lowest BCUT2D eigenvalue weighted by molar-refractivity contribution is -0.199. The summed E-state index contributed by atoms with van der Waals surface area (Å²) in [6.45, 7) is 1.60. The van der Waals surface area contributed by atoms with Gasteiger partial charge >= 0.3 is 0 Å². The molecule has 1 atom stereocenters. The molecule has 3 aliphatic heterocycles. The van der Waals surface area contributed by atoms with Crippen LogP contribution >= 0.6 is 0 Å². The maximum absolute atomic E-state index is 5.76. The van der Waals surface area contributed by atoms with E-state index in [0.717, 1.165) is 26.1 Å². The summed E-state index contributed by atoms with van der Waals surface area (Å²) in [7, 11) is 0. The van der Waals surface area contributed by atoms with Crippen molar-refractivity contribution in [3.8, 4) is 0 Å². The van der Waals surface area contributed by atoms with E-state index in [1.807, 2.05) is 0 Å². The van der Waals surface area contributed by atoms with Crippen LogP contribution in [0.4, 0.5) is 0 Å². The Hall–Kier alpha value is -0.120. The third-order valence-electron chi connectivity index (χ3n) is 3.01. The Balaban J connectivity index is 1.58. The second-order valence-corrected chi connectivity index (χ2v) is 3.99. The Bertz CT molecular complexity index is 180. The molecule has 3 heteroatoms. The highest BCUT2D eigenvalue weighted by atomic mass is 16.7. The smallest absolute Gasteiger partial charge is 0.168 e. The van der Waals surface area contributed by atoms with Crippen LogP contribution in [0.15, 0.2) is 0 Å². The second kappa shape index (κ2) is 2.44. The molecule has 2 bridgehead atoms. The summed E-state index contributed by atoms with van der Waals surface area (Å²) < 4.78 is 16.6. The summed E-state index contributed by atoms with van der Waals surface area (Å²) in [6.07, 6.45) is 5.40. The highest BCUT2D eigenvalue weighted by Gasteiger charge is 2.47. The molecule has 0 aromatic carbocycles. The molecule has 0 spiro atoms. The van der Waals surface area contributed by atoms with Crippen LogP contribution < -0.4 is 0 Å². The van der Waals surface area contributed by atoms with Crippen LogP contribution in [0.3, 0.4) is 0 Å². The first-order valence-electron chi connectivity index (χ1n) is 4.80. The second-order valence-electron chi connectivity index (χ2n) is 3.99. The minimum Gasteiger partial charge on any atom is -0.371 e. The fraction of sp³-hybridized carbons (Fsp3) is 1.00. The maximum atomic E-state index is 5.76. The fourth-order valence-corrected chi connectivity index (χ4v) is 2.16. The van der Waals surface area contributed by atoms with Crippen molar-refractivity contribution in [2.75, 3.05) is 13.2 Å². The van der Waals surface area contributed by atoms with Gasteiger partial charge in [0.05, 0.1) is 19.3 Å². The van der Waals surface area contributed by atoms with Gasteiger partial charge in [0.25, 0.3) is 0 Å². The number of fused-ring (bicyclic) bond motifs is 2. The molecule has 0 amide bonds. The van der Waals surface area contributed by atoms with Gasteiger partial charge in [-0.2, -0.15) is 0 Å². The van der Waals surface area contributed by atoms with Gasteiger partial charge in [0, 0.05) is 12.8 Å². The molecule has 12 heavy (non-hydrogen) atoms. The van der Waals surface area contributed by atoms with E-state index >= 15 is 0 Å². The zero-order valence-corrected chi connectivity index (χ0v) is 7.12. The highest BCUT2D eigenvalue weighted by molar-refractivity contribution is 4.90. The third-order valence-corrected chi connectivity index (χ3v) is 3.01. The molecule has 0 aromatic rings. The average molecular weight is 170 g/mol. The highest BCUT2D eigenvalue weighted by Crippen LogP contribution is 2.44. The molecular weight excluding hydrogens is 156 g/mol. The predicted molar refractivity (Wildman–Crippen MR) is 41.8 cm³/mol. The summed E-state index contributed by atoms with van der Waals surface area (Å²) in [5, 5.41) is 0. The summed E-state index contributed by atoms with van der Waals surface area (Å²) in [4.78, 5) is 0. The largest absolute Gasteiger partial charge is 0.371 e. The van der Waals surface area contributed by atoms with Gasteiger partial charge in [-0.25, -0.2) is 0 Å². The van der Waals surface area contributed by atoms with E-state index < -0.39 is 0 Å². The molecule has 0 radical (unpaired) electrons. The molecule has 3 fully saturated rings. The van der Waals surface area contributed by atoms with Gasteiger partial charge in [-0.3, -0.25) is 0 Å². The fourth-order valence-electron chi connectivity index (χ4n) is 2.16. The van der Waals surface area contributed by atoms with E-state index in [1.54, 1.807) is 0 Å². The van der Waals surface area contributed by atoms with Crippen LogP contribution in [0.5, 0.6) is 0 Å². The van der Waals surface area contributed by atoms with Gasteiger partial charge in [-0.05, 0) is 12.8 Å². The van der Waals surface area contributed by atoms with Crippen LogP contribution in [0.1, 0.15) is 25.7 Å². The standard InChI is InChI=1S/C9H14O3/c1-3-9(4-2-7(1)12-9)11-6-8-5-10-8/h7-8H,1-6H2. The molecule has 0 aromatic heterocycles. The first-order chi connectivity index (χ1) is 5.86. The minimum absolute atomic E-state index is 0.198. The normalized spacial score (nSPS) is 50.0. The summed E-state index contributed by atoms with van der Waals surface area (Å²) in [6, 6.07) is 0. The summed E-state index contributed by atoms with van der Waals surface area (Å²) >= 11 is 0. The molecule has 3 rings (SSSR count). The summed E-state index contributed by atoms with van der Waals surface area (Å²) in [5.74, 6) is -0.198. The van der Waals surface area contributed by atoms with E-state index in [1.165, 1.54) is 12.8 Å². The van der Waals surface area contributed by atoms with Crippen LogP contribution in [-0.2, 0) is 14.2 Å². The van der Waals surface area contributed by atoms with Gasteiger partial charge in [-0.1, -0.05) is 0 Å². The van der Waals surface area contributed by atoms with Crippen molar-refractivity contribution in [1.82, 2.24) is 0 Å². The quantitative estimate of drug-likeness (QED) is 0.594. The Morgan fingerprint density at radius 3 is 2.58 bits per heavy atom. The van der Waals surface area contributed by atoms with E-state index in [2.05, 4.69) is 0 Å². The van der Waals surface area contributed by atoms with Gasteiger partial charge in [0.2, 0.25) is 0 Å². The zero-order valence-electron chi connectivity index (χ0n) is 7.12. The number of hydrogen-bond acceptors (Lipinski definition) is 3. The van der Waals surface area contributed by atoms with E-state index in [-0.39, 0.29) is 5.79 Å².